The maximum Gasteiger partial charge on any atom is 0.224 e. The summed E-state index contributed by atoms with van der Waals surface area (Å²) in [6.45, 7) is 1.03. The lowest BCUT2D eigenvalue weighted by Crippen LogP contribution is -2.45. The SMILES string of the molecule is O=C(NCc1ccccc1Cl)[C@H]1CCCN(S(=O)(=O)Cc2ccccc2)C1. The van der Waals surface area contributed by atoms with Crippen molar-refractivity contribution in [3.05, 3.63) is 70.7 Å². The van der Waals surface area contributed by atoms with Crippen LogP contribution in [0.4, 0.5) is 0 Å². The normalized spacial score (nSPS) is 18.2. The van der Waals surface area contributed by atoms with Crippen molar-refractivity contribution in [1.29, 1.82) is 0 Å². The van der Waals surface area contributed by atoms with Crippen molar-refractivity contribution in [3.8, 4) is 0 Å². The van der Waals surface area contributed by atoms with Crippen LogP contribution in [0.2, 0.25) is 5.02 Å². The minimum atomic E-state index is -3.44. The highest BCUT2D eigenvalue weighted by Crippen LogP contribution is 2.22. The van der Waals surface area contributed by atoms with Crippen LogP contribution in [-0.4, -0.2) is 31.7 Å². The summed E-state index contributed by atoms with van der Waals surface area (Å²) >= 11 is 6.11. The third kappa shape index (κ3) is 5.31. The van der Waals surface area contributed by atoms with Crippen molar-refractivity contribution in [3.63, 3.8) is 0 Å². The van der Waals surface area contributed by atoms with E-state index in [4.69, 9.17) is 11.6 Å². The lowest BCUT2D eigenvalue weighted by molar-refractivity contribution is -0.126. The number of rotatable bonds is 6. The largest absolute Gasteiger partial charge is 0.352 e. The molecule has 2 aromatic carbocycles. The van der Waals surface area contributed by atoms with E-state index in [0.29, 0.717) is 31.0 Å². The van der Waals surface area contributed by atoms with Gasteiger partial charge in [0.05, 0.1) is 11.7 Å². The first-order chi connectivity index (χ1) is 13.0. The summed E-state index contributed by atoms with van der Waals surface area (Å²) in [6.07, 6.45) is 1.36. The van der Waals surface area contributed by atoms with E-state index in [2.05, 4.69) is 5.32 Å². The van der Waals surface area contributed by atoms with Crippen molar-refractivity contribution >= 4 is 27.5 Å². The minimum Gasteiger partial charge on any atom is -0.352 e. The van der Waals surface area contributed by atoms with E-state index in [-0.39, 0.29) is 24.1 Å². The molecule has 0 unspecified atom stereocenters. The fraction of sp³-hybridized carbons (Fsp3) is 0.350. The third-order valence-electron chi connectivity index (χ3n) is 4.75. The molecule has 1 N–H and O–H groups in total. The minimum absolute atomic E-state index is 0.0399. The van der Waals surface area contributed by atoms with E-state index in [9.17, 15) is 13.2 Å². The molecule has 144 valence electrons. The molecule has 1 atom stereocenters. The molecular formula is C20H23ClN2O3S. The molecule has 1 heterocycles. The Morgan fingerprint density at radius 2 is 1.81 bits per heavy atom. The fourth-order valence-corrected chi connectivity index (χ4v) is 5.07. The van der Waals surface area contributed by atoms with Gasteiger partial charge < -0.3 is 5.32 Å². The predicted molar refractivity (Wildman–Crippen MR) is 107 cm³/mol. The highest BCUT2D eigenvalue weighted by molar-refractivity contribution is 7.88. The second-order valence-corrected chi connectivity index (χ2v) is 9.12. The number of hydrogen-bond donors (Lipinski definition) is 1. The zero-order valence-corrected chi connectivity index (χ0v) is 16.5. The van der Waals surface area contributed by atoms with Gasteiger partial charge >= 0.3 is 0 Å². The van der Waals surface area contributed by atoms with Crippen molar-refractivity contribution in [2.24, 2.45) is 5.92 Å². The zero-order chi connectivity index (χ0) is 19.3. The molecule has 0 aromatic heterocycles. The fourth-order valence-electron chi connectivity index (χ4n) is 3.25. The number of sulfonamides is 1. The Bertz CT molecular complexity index is 887. The van der Waals surface area contributed by atoms with Crippen LogP contribution in [0, 0.1) is 5.92 Å². The summed E-state index contributed by atoms with van der Waals surface area (Å²) in [7, 11) is -3.44. The van der Waals surface area contributed by atoms with Gasteiger partial charge in [-0.2, -0.15) is 0 Å². The summed E-state index contributed by atoms with van der Waals surface area (Å²) in [5.41, 5.74) is 1.60. The molecule has 0 radical (unpaired) electrons. The average molecular weight is 407 g/mol. The van der Waals surface area contributed by atoms with E-state index in [1.54, 1.807) is 18.2 Å². The van der Waals surface area contributed by atoms with Gasteiger partial charge in [0, 0.05) is 24.7 Å². The zero-order valence-electron chi connectivity index (χ0n) is 15.0. The smallest absolute Gasteiger partial charge is 0.224 e. The van der Waals surface area contributed by atoms with Gasteiger partial charge in [0.2, 0.25) is 15.9 Å². The first kappa shape index (κ1) is 19.9. The molecule has 1 amide bonds. The molecule has 1 aliphatic heterocycles. The van der Waals surface area contributed by atoms with E-state index in [1.807, 2.05) is 36.4 Å². The molecule has 27 heavy (non-hydrogen) atoms. The number of nitrogens with one attached hydrogen (secondary N) is 1. The van der Waals surface area contributed by atoms with Gasteiger partial charge in [-0.05, 0) is 30.0 Å². The van der Waals surface area contributed by atoms with Crippen LogP contribution in [0.25, 0.3) is 0 Å². The van der Waals surface area contributed by atoms with Crippen LogP contribution < -0.4 is 5.32 Å². The number of amides is 1. The van der Waals surface area contributed by atoms with Gasteiger partial charge in [0.25, 0.3) is 0 Å². The maximum absolute atomic E-state index is 12.7. The molecule has 1 fully saturated rings. The molecule has 3 rings (SSSR count). The third-order valence-corrected chi connectivity index (χ3v) is 6.94. The number of piperidine rings is 1. The Labute approximate surface area is 165 Å². The summed E-state index contributed by atoms with van der Waals surface area (Å²) < 4.78 is 26.9. The van der Waals surface area contributed by atoms with Crippen molar-refractivity contribution in [2.75, 3.05) is 13.1 Å². The van der Waals surface area contributed by atoms with Gasteiger partial charge in [-0.1, -0.05) is 60.1 Å². The van der Waals surface area contributed by atoms with Gasteiger partial charge in [0.15, 0.2) is 0 Å². The lowest BCUT2D eigenvalue weighted by atomic mass is 9.99. The maximum atomic E-state index is 12.7. The number of hydrogen-bond acceptors (Lipinski definition) is 3. The predicted octanol–water partition coefficient (Wildman–Crippen LogP) is 3.20. The molecule has 5 nitrogen and oxygen atoms in total. The summed E-state index contributed by atoms with van der Waals surface area (Å²) in [5, 5.41) is 3.49. The molecule has 0 bridgehead atoms. The van der Waals surface area contributed by atoms with E-state index in [1.165, 1.54) is 4.31 Å². The number of carbonyl (C=O) groups excluding carboxylic acids is 1. The van der Waals surface area contributed by atoms with Gasteiger partial charge in [-0.15, -0.1) is 0 Å². The Morgan fingerprint density at radius 3 is 2.56 bits per heavy atom. The molecule has 0 aliphatic carbocycles. The van der Waals surface area contributed by atoms with Crippen LogP contribution in [0.5, 0.6) is 0 Å². The first-order valence-electron chi connectivity index (χ1n) is 8.98. The quantitative estimate of drug-likeness (QED) is 0.801. The summed E-state index contributed by atoms with van der Waals surface area (Å²) in [5.74, 6) is -0.511. The van der Waals surface area contributed by atoms with Crippen molar-refractivity contribution in [2.45, 2.75) is 25.1 Å². The molecule has 0 spiro atoms. The van der Waals surface area contributed by atoms with Crippen molar-refractivity contribution < 1.29 is 13.2 Å². The van der Waals surface area contributed by atoms with E-state index in [0.717, 1.165) is 11.1 Å². The number of nitrogens with zero attached hydrogens (tertiary/aromatic N) is 1. The number of halogens is 1. The van der Waals surface area contributed by atoms with Crippen LogP contribution in [0.1, 0.15) is 24.0 Å². The van der Waals surface area contributed by atoms with Crippen molar-refractivity contribution in [1.82, 2.24) is 9.62 Å². The topological polar surface area (TPSA) is 66.5 Å². The molecule has 1 aliphatic rings. The highest BCUT2D eigenvalue weighted by atomic mass is 35.5. The standard InChI is InChI=1S/C20H23ClN2O3S/c21-19-11-5-4-9-17(19)13-22-20(24)18-10-6-12-23(14-18)27(25,26)15-16-7-2-1-3-8-16/h1-5,7-9,11,18H,6,10,12-15H2,(H,22,24)/t18-/m0/s1. The second kappa shape index (κ2) is 8.87. The van der Waals surface area contributed by atoms with Crippen LogP contribution in [0.15, 0.2) is 54.6 Å². The summed E-state index contributed by atoms with van der Waals surface area (Å²) in [4.78, 5) is 12.5. The first-order valence-corrected chi connectivity index (χ1v) is 11.0. The second-order valence-electron chi connectivity index (χ2n) is 6.75. The van der Waals surface area contributed by atoms with Crippen LogP contribution >= 0.6 is 11.6 Å². The van der Waals surface area contributed by atoms with E-state index >= 15 is 0 Å². The van der Waals surface area contributed by atoms with Gasteiger partial charge in [-0.3, -0.25) is 4.79 Å². The van der Waals surface area contributed by atoms with E-state index < -0.39 is 10.0 Å². The molecule has 7 heteroatoms. The monoisotopic (exact) mass is 406 g/mol. The number of carbonyl (C=O) groups is 1. The molecular weight excluding hydrogens is 384 g/mol. The molecule has 2 aromatic rings. The van der Waals surface area contributed by atoms with Gasteiger partial charge in [0.1, 0.15) is 0 Å². The average Bonchev–Trinajstić information content (AvgIpc) is 2.68. The Kier molecular flexibility index (Phi) is 6.52. The van der Waals surface area contributed by atoms with Gasteiger partial charge in [-0.25, -0.2) is 12.7 Å². The highest BCUT2D eigenvalue weighted by Gasteiger charge is 2.32. The molecule has 1 saturated heterocycles. The number of benzene rings is 2. The Morgan fingerprint density at radius 1 is 1.11 bits per heavy atom. The molecule has 0 saturated carbocycles. The Hall–Kier alpha value is -1.89. The van der Waals surface area contributed by atoms with Crippen LogP contribution in [-0.2, 0) is 27.1 Å². The summed E-state index contributed by atoms with van der Waals surface area (Å²) in [6, 6.07) is 16.5. The Balaban J connectivity index is 1.60. The lowest BCUT2D eigenvalue weighted by Gasteiger charge is -2.31. The van der Waals surface area contributed by atoms with Crippen LogP contribution in [0.3, 0.4) is 0 Å².